The van der Waals surface area contributed by atoms with Gasteiger partial charge in [-0.2, -0.15) is 0 Å². The van der Waals surface area contributed by atoms with Crippen molar-refractivity contribution in [3.63, 3.8) is 0 Å². The van der Waals surface area contributed by atoms with E-state index in [0.29, 0.717) is 11.1 Å². The number of esters is 1. The van der Waals surface area contributed by atoms with Crippen molar-refractivity contribution in [2.45, 2.75) is 6.92 Å². The molecule has 0 aliphatic carbocycles. The summed E-state index contributed by atoms with van der Waals surface area (Å²) >= 11 is 0. The molecule has 0 saturated heterocycles. The molecule has 13 heavy (non-hydrogen) atoms. The van der Waals surface area contributed by atoms with Gasteiger partial charge in [0.2, 0.25) is 0 Å². The number of carbonyl (C=O) groups is 1. The first kappa shape index (κ1) is 9.52. The second-order valence-corrected chi connectivity index (χ2v) is 2.72. The largest absolute Gasteiger partial charge is 0.465 e. The molecule has 0 atom stereocenters. The minimum Gasteiger partial charge on any atom is -0.465 e. The molecule has 0 aliphatic rings. The van der Waals surface area contributed by atoms with Gasteiger partial charge in [-0.05, 0) is 24.6 Å². The Hall–Kier alpha value is -1.57. The first-order chi connectivity index (χ1) is 6.19. The molecule has 0 spiro atoms. The fourth-order valence-corrected chi connectivity index (χ4v) is 1.09. The molecular formula is C11H11O2. The van der Waals surface area contributed by atoms with E-state index in [1.807, 2.05) is 19.1 Å². The maximum Gasteiger partial charge on any atom is 0.338 e. The van der Waals surface area contributed by atoms with E-state index in [2.05, 4.69) is 17.4 Å². The summed E-state index contributed by atoms with van der Waals surface area (Å²) < 4.78 is 4.61. The van der Waals surface area contributed by atoms with E-state index in [4.69, 9.17) is 0 Å². The fourth-order valence-electron chi connectivity index (χ4n) is 1.09. The molecule has 0 unspecified atom stereocenters. The predicted molar refractivity (Wildman–Crippen MR) is 50.5 cm³/mol. The van der Waals surface area contributed by atoms with Gasteiger partial charge in [0.15, 0.2) is 0 Å². The molecule has 0 aliphatic heterocycles. The lowest BCUT2D eigenvalue weighted by molar-refractivity contribution is 0.0600. The van der Waals surface area contributed by atoms with Crippen LogP contribution in [0.4, 0.5) is 0 Å². The van der Waals surface area contributed by atoms with Crippen LogP contribution in [0.5, 0.6) is 0 Å². The Morgan fingerprint density at radius 3 is 2.77 bits per heavy atom. The van der Waals surface area contributed by atoms with Crippen molar-refractivity contribution in [2.75, 3.05) is 7.11 Å². The summed E-state index contributed by atoms with van der Waals surface area (Å²) in [6.07, 6.45) is 2.70. The normalized spacial score (nSPS) is 9.38. The first-order valence-electron chi connectivity index (χ1n) is 3.91. The Morgan fingerprint density at radius 2 is 2.23 bits per heavy atom. The maximum absolute atomic E-state index is 11.2. The quantitative estimate of drug-likeness (QED) is 0.643. The van der Waals surface area contributed by atoms with Crippen LogP contribution < -0.4 is 0 Å². The zero-order valence-electron chi connectivity index (χ0n) is 7.76. The van der Waals surface area contributed by atoms with Crippen LogP contribution in [-0.2, 0) is 4.74 Å². The highest BCUT2D eigenvalue weighted by Gasteiger charge is 2.08. The summed E-state index contributed by atoms with van der Waals surface area (Å²) in [4.78, 5) is 11.2. The van der Waals surface area contributed by atoms with Crippen LogP contribution in [0.25, 0.3) is 0 Å². The Balaban J connectivity index is 3.20. The van der Waals surface area contributed by atoms with Crippen molar-refractivity contribution < 1.29 is 9.53 Å². The van der Waals surface area contributed by atoms with Crippen LogP contribution in [0, 0.1) is 13.0 Å². The van der Waals surface area contributed by atoms with Crippen LogP contribution in [0.2, 0.25) is 0 Å². The number of rotatable bonds is 2. The summed E-state index contributed by atoms with van der Waals surface area (Å²) in [6, 6.07) is 5.42. The Morgan fingerprint density at radius 1 is 1.54 bits per heavy atom. The fraction of sp³-hybridized carbons (Fsp3) is 0.182. The molecule has 0 amide bonds. The van der Waals surface area contributed by atoms with E-state index in [1.54, 1.807) is 6.07 Å². The standard InChI is InChI=1S/C11H11O2/c1-4-9-7-8(2)5-6-10(9)11(12)13-3/h5-7H,1H2,2-3H3. The third-order valence-electron chi connectivity index (χ3n) is 1.77. The lowest BCUT2D eigenvalue weighted by Gasteiger charge is -2.03. The summed E-state index contributed by atoms with van der Waals surface area (Å²) in [6.45, 7) is 5.46. The van der Waals surface area contributed by atoms with Gasteiger partial charge in [0.1, 0.15) is 0 Å². The lowest BCUT2D eigenvalue weighted by Crippen LogP contribution is -2.03. The predicted octanol–water partition coefficient (Wildman–Crippen LogP) is 2.12. The molecule has 1 radical (unpaired) electrons. The van der Waals surface area contributed by atoms with E-state index in [0.717, 1.165) is 5.56 Å². The molecule has 1 aromatic carbocycles. The van der Waals surface area contributed by atoms with Crippen LogP contribution in [-0.4, -0.2) is 13.1 Å². The van der Waals surface area contributed by atoms with E-state index in [9.17, 15) is 4.79 Å². The molecule has 2 heteroatoms. The number of methoxy groups -OCH3 is 1. The van der Waals surface area contributed by atoms with Gasteiger partial charge in [0.05, 0.1) is 12.7 Å². The van der Waals surface area contributed by atoms with Gasteiger partial charge in [0, 0.05) is 0 Å². The van der Waals surface area contributed by atoms with E-state index < -0.39 is 0 Å². The van der Waals surface area contributed by atoms with Gasteiger partial charge in [-0.3, -0.25) is 0 Å². The van der Waals surface area contributed by atoms with Crippen LogP contribution in [0.3, 0.4) is 0 Å². The third kappa shape index (κ3) is 1.96. The number of aryl methyl sites for hydroxylation is 1. The molecule has 0 N–H and O–H groups in total. The minimum atomic E-state index is -0.355. The summed E-state index contributed by atoms with van der Waals surface area (Å²) in [5, 5.41) is 0. The van der Waals surface area contributed by atoms with Crippen LogP contribution in [0.1, 0.15) is 21.5 Å². The van der Waals surface area contributed by atoms with Crippen molar-refractivity contribution in [3.05, 3.63) is 47.5 Å². The van der Waals surface area contributed by atoms with Crippen molar-refractivity contribution >= 4 is 5.97 Å². The number of hydrogen-bond donors (Lipinski definition) is 0. The van der Waals surface area contributed by atoms with E-state index in [1.165, 1.54) is 7.11 Å². The van der Waals surface area contributed by atoms with Gasteiger partial charge in [-0.25, -0.2) is 4.79 Å². The molecule has 0 bridgehead atoms. The van der Waals surface area contributed by atoms with Gasteiger partial charge >= 0.3 is 5.97 Å². The van der Waals surface area contributed by atoms with E-state index in [-0.39, 0.29) is 5.97 Å². The zero-order chi connectivity index (χ0) is 9.84. The number of carbonyl (C=O) groups excluding carboxylic acids is 1. The van der Waals surface area contributed by atoms with Gasteiger partial charge in [-0.1, -0.05) is 24.3 Å². The highest BCUT2D eigenvalue weighted by atomic mass is 16.5. The van der Waals surface area contributed by atoms with Crippen molar-refractivity contribution in [1.29, 1.82) is 0 Å². The molecular weight excluding hydrogens is 164 g/mol. The van der Waals surface area contributed by atoms with Gasteiger partial charge < -0.3 is 4.74 Å². The second kappa shape index (κ2) is 3.90. The highest BCUT2D eigenvalue weighted by molar-refractivity contribution is 5.91. The van der Waals surface area contributed by atoms with Gasteiger partial charge in [0.25, 0.3) is 0 Å². The van der Waals surface area contributed by atoms with Crippen LogP contribution >= 0.6 is 0 Å². The smallest absolute Gasteiger partial charge is 0.338 e. The SMILES string of the molecule is C=[C]c1cc(C)ccc1C(=O)OC. The van der Waals surface area contributed by atoms with Crippen molar-refractivity contribution in [3.8, 4) is 0 Å². The first-order valence-corrected chi connectivity index (χ1v) is 3.91. The second-order valence-electron chi connectivity index (χ2n) is 2.72. The highest BCUT2D eigenvalue weighted by Crippen LogP contribution is 2.12. The Kier molecular flexibility index (Phi) is 2.85. The molecule has 0 saturated carbocycles. The molecule has 0 heterocycles. The molecule has 67 valence electrons. The molecule has 1 rings (SSSR count). The number of benzene rings is 1. The topological polar surface area (TPSA) is 26.3 Å². The maximum atomic E-state index is 11.2. The van der Waals surface area contributed by atoms with Crippen LogP contribution in [0.15, 0.2) is 24.8 Å². The minimum absolute atomic E-state index is 0.355. The summed E-state index contributed by atoms with van der Waals surface area (Å²) in [5.41, 5.74) is 2.26. The van der Waals surface area contributed by atoms with Crippen molar-refractivity contribution in [2.24, 2.45) is 0 Å². The number of hydrogen-bond acceptors (Lipinski definition) is 2. The van der Waals surface area contributed by atoms with Crippen molar-refractivity contribution in [1.82, 2.24) is 0 Å². The monoisotopic (exact) mass is 175 g/mol. The zero-order valence-corrected chi connectivity index (χ0v) is 7.76. The third-order valence-corrected chi connectivity index (χ3v) is 1.77. The van der Waals surface area contributed by atoms with Gasteiger partial charge in [-0.15, -0.1) is 0 Å². The summed E-state index contributed by atoms with van der Waals surface area (Å²) in [5.74, 6) is -0.355. The average Bonchev–Trinajstić information content (AvgIpc) is 2.16. The number of ether oxygens (including phenoxy) is 1. The Labute approximate surface area is 77.8 Å². The molecule has 0 aromatic heterocycles. The Bertz CT molecular complexity index is 340. The van der Waals surface area contributed by atoms with E-state index >= 15 is 0 Å². The lowest BCUT2D eigenvalue weighted by atomic mass is 10.0. The molecule has 2 nitrogen and oxygen atoms in total. The molecule has 1 aromatic rings. The summed E-state index contributed by atoms with van der Waals surface area (Å²) in [7, 11) is 1.36. The average molecular weight is 175 g/mol. The molecule has 0 fully saturated rings.